The van der Waals surface area contributed by atoms with Crippen LogP contribution < -0.4 is 4.74 Å². The summed E-state index contributed by atoms with van der Waals surface area (Å²) in [5.41, 5.74) is 1.19. The summed E-state index contributed by atoms with van der Waals surface area (Å²) in [5, 5.41) is 8.54. The largest absolute Gasteiger partial charge is 0.489 e. The van der Waals surface area contributed by atoms with Gasteiger partial charge in [0.2, 0.25) is 0 Å². The lowest BCUT2D eigenvalue weighted by atomic mass is 10.1. The molecule has 0 amide bonds. The number of nitrogens with zero attached hydrogens (tertiary/aromatic N) is 1. The Morgan fingerprint density at radius 3 is 2.42 bits per heavy atom. The van der Waals surface area contributed by atoms with E-state index in [2.05, 4.69) is 0 Å². The quantitative estimate of drug-likeness (QED) is 0.840. The van der Waals surface area contributed by atoms with Crippen LogP contribution in [0.3, 0.4) is 0 Å². The highest BCUT2D eigenvalue weighted by atomic mass is 19.1. The van der Waals surface area contributed by atoms with Crippen LogP contribution >= 0.6 is 0 Å². The molecule has 0 spiro atoms. The first-order valence-corrected chi connectivity index (χ1v) is 5.71. The average Bonchev–Trinajstić information content (AvgIpc) is 2.40. The second-order valence-corrected chi connectivity index (χ2v) is 4.00. The third-order valence-corrected chi connectivity index (χ3v) is 2.62. The first-order chi connectivity index (χ1) is 9.19. The van der Waals surface area contributed by atoms with Crippen LogP contribution in [-0.4, -0.2) is 0 Å². The lowest BCUT2D eigenvalue weighted by Crippen LogP contribution is -1.99. The first kappa shape index (κ1) is 13.0. The molecule has 0 fully saturated rings. The van der Waals surface area contributed by atoms with Crippen molar-refractivity contribution in [3.8, 4) is 11.8 Å². The Kier molecular flexibility index (Phi) is 4.09. The van der Waals surface area contributed by atoms with E-state index in [9.17, 15) is 8.78 Å². The summed E-state index contributed by atoms with van der Waals surface area (Å²) >= 11 is 0. The molecule has 0 aliphatic heterocycles. The minimum absolute atomic E-state index is 0.0315. The van der Waals surface area contributed by atoms with Gasteiger partial charge in [-0.1, -0.05) is 12.1 Å². The molecule has 96 valence electrons. The molecule has 0 aliphatic rings. The number of hydrogen-bond acceptors (Lipinski definition) is 2. The monoisotopic (exact) mass is 259 g/mol. The van der Waals surface area contributed by atoms with E-state index in [4.69, 9.17) is 10.00 Å². The molecular formula is C15H11F2NO. The molecule has 0 N–H and O–H groups in total. The number of rotatable bonds is 4. The van der Waals surface area contributed by atoms with Crippen molar-refractivity contribution in [3.05, 3.63) is 65.2 Å². The van der Waals surface area contributed by atoms with E-state index in [0.717, 1.165) is 11.6 Å². The van der Waals surface area contributed by atoms with Gasteiger partial charge >= 0.3 is 0 Å². The molecule has 0 saturated heterocycles. The van der Waals surface area contributed by atoms with E-state index in [1.54, 1.807) is 24.3 Å². The van der Waals surface area contributed by atoms with Gasteiger partial charge in [0.15, 0.2) is 0 Å². The molecule has 0 unspecified atom stereocenters. The SMILES string of the molecule is N#CCc1ccc(OCc2ccc(F)cc2F)cc1. The van der Waals surface area contributed by atoms with Crippen molar-refractivity contribution >= 4 is 0 Å². The van der Waals surface area contributed by atoms with Gasteiger partial charge in [0.05, 0.1) is 12.5 Å². The maximum absolute atomic E-state index is 13.4. The van der Waals surface area contributed by atoms with E-state index < -0.39 is 11.6 Å². The van der Waals surface area contributed by atoms with E-state index in [-0.39, 0.29) is 6.61 Å². The average molecular weight is 259 g/mol. The molecular weight excluding hydrogens is 248 g/mol. The van der Waals surface area contributed by atoms with Crippen LogP contribution in [0.15, 0.2) is 42.5 Å². The summed E-state index contributed by atoms with van der Waals surface area (Å²) in [6, 6.07) is 12.4. The molecule has 0 atom stereocenters. The summed E-state index contributed by atoms with van der Waals surface area (Å²) in [7, 11) is 0. The molecule has 2 aromatic rings. The zero-order valence-electron chi connectivity index (χ0n) is 10.1. The van der Waals surface area contributed by atoms with Crippen LogP contribution in [0.1, 0.15) is 11.1 Å². The lowest BCUT2D eigenvalue weighted by Gasteiger charge is -2.07. The molecule has 0 aromatic heterocycles. The zero-order chi connectivity index (χ0) is 13.7. The van der Waals surface area contributed by atoms with Gasteiger partial charge in [0.1, 0.15) is 24.0 Å². The van der Waals surface area contributed by atoms with E-state index >= 15 is 0 Å². The van der Waals surface area contributed by atoms with E-state index in [1.807, 2.05) is 6.07 Å². The second-order valence-electron chi connectivity index (χ2n) is 4.00. The number of hydrogen-bond donors (Lipinski definition) is 0. The van der Waals surface area contributed by atoms with Crippen molar-refractivity contribution in [2.45, 2.75) is 13.0 Å². The molecule has 0 heterocycles. The smallest absolute Gasteiger partial charge is 0.132 e. The van der Waals surface area contributed by atoms with Gasteiger partial charge in [-0.15, -0.1) is 0 Å². The summed E-state index contributed by atoms with van der Waals surface area (Å²) in [4.78, 5) is 0. The Labute approximate surface area is 109 Å². The summed E-state index contributed by atoms with van der Waals surface area (Å²) < 4.78 is 31.5. The van der Waals surface area contributed by atoms with Crippen molar-refractivity contribution in [2.24, 2.45) is 0 Å². The standard InChI is InChI=1S/C15H11F2NO/c16-13-4-3-12(15(17)9-13)10-19-14-5-1-11(2-6-14)7-8-18/h1-6,9H,7,10H2. The molecule has 0 saturated carbocycles. The fraction of sp³-hybridized carbons (Fsp3) is 0.133. The number of ether oxygens (including phenoxy) is 1. The van der Waals surface area contributed by atoms with Crippen LogP contribution in [0.2, 0.25) is 0 Å². The Bertz CT molecular complexity index is 603. The van der Waals surface area contributed by atoms with Crippen LogP contribution in [0.25, 0.3) is 0 Å². The summed E-state index contributed by atoms with van der Waals surface area (Å²) in [6.45, 7) is 0.0315. The third kappa shape index (κ3) is 3.52. The number of halogens is 2. The van der Waals surface area contributed by atoms with Crippen molar-refractivity contribution in [1.82, 2.24) is 0 Å². The molecule has 19 heavy (non-hydrogen) atoms. The van der Waals surface area contributed by atoms with Crippen molar-refractivity contribution < 1.29 is 13.5 Å². The highest BCUT2D eigenvalue weighted by molar-refractivity contribution is 5.29. The van der Waals surface area contributed by atoms with Crippen LogP contribution in [-0.2, 0) is 13.0 Å². The van der Waals surface area contributed by atoms with Gasteiger partial charge in [0, 0.05) is 11.6 Å². The Morgan fingerprint density at radius 1 is 1.05 bits per heavy atom. The molecule has 0 aliphatic carbocycles. The van der Waals surface area contributed by atoms with E-state index in [0.29, 0.717) is 17.7 Å². The fourth-order valence-corrected chi connectivity index (χ4v) is 1.59. The summed E-state index contributed by atoms with van der Waals surface area (Å²) in [5.74, 6) is -0.659. The minimum Gasteiger partial charge on any atom is -0.489 e. The van der Waals surface area contributed by atoms with Crippen molar-refractivity contribution in [1.29, 1.82) is 5.26 Å². The predicted molar refractivity (Wildman–Crippen MR) is 66.4 cm³/mol. The molecule has 0 radical (unpaired) electrons. The first-order valence-electron chi connectivity index (χ1n) is 5.71. The fourth-order valence-electron chi connectivity index (χ4n) is 1.59. The summed E-state index contributed by atoms with van der Waals surface area (Å²) in [6.07, 6.45) is 0.340. The third-order valence-electron chi connectivity index (χ3n) is 2.62. The van der Waals surface area contributed by atoms with E-state index in [1.165, 1.54) is 12.1 Å². The highest BCUT2D eigenvalue weighted by Crippen LogP contribution is 2.16. The second kappa shape index (κ2) is 5.96. The minimum atomic E-state index is -0.624. The van der Waals surface area contributed by atoms with Gasteiger partial charge in [-0.25, -0.2) is 8.78 Å². The van der Waals surface area contributed by atoms with Crippen LogP contribution in [0.5, 0.6) is 5.75 Å². The zero-order valence-corrected chi connectivity index (χ0v) is 10.1. The Hall–Kier alpha value is -2.41. The van der Waals surface area contributed by atoms with Crippen LogP contribution in [0.4, 0.5) is 8.78 Å². The van der Waals surface area contributed by atoms with Gasteiger partial charge in [-0.05, 0) is 29.8 Å². The normalized spacial score (nSPS) is 9.95. The number of nitriles is 1. The van der Waals surface area contributed by atoms with Crippen molar-refractivity contribution in [2.75, 3.05) is 0 Å². The predicted octanol–water partition coefficient (Wildman–Crippen LogP) is 3.61. The number of benzene rings is 2. The molecule has 0 bridgehead atoms. The molecule has 2 aromatic carbocycles. The molecule has 2 nitrogen and oxygen atoms in total. The van der Waals surface area contributed by atoms with Crippen molar-refractivity contribution in [3.63, 3.8) is 0 Å². The topological polar surface area (TPSA) is 33.0 Å². The maximum atomic E-state index is 13.4. The van der Waals surface area contributed by atoms with Crippen LogP contribution in [0, 0.1) is 23.0 Å². The maximum Gasteiger partial charge on any atom is 0.132 e. The lowest BCUT2D eigenvalue weighted by molar-refractivity contribution is 0.299. The van der Waals surface area contributed by atoms with Gasteiger partial charge < -0.3 is 4.74 Å². The van der Waals surface area contributed by atoms with Gasteiger partial charge in [-0.2, -0.15) is 5.26 Å². The Balaban J connectivity index is 2.00. The molecule has 4 heteroatoms. The van der Waals surface area contributed by atoms with Gasteiger partial charge in [0.25, 0.3) is 0 Å². The molecule has 2 rings (SSSR count). The van der Waals surface area contributed by atoms with Gasteiger partial charge in [-0.3, -0.25) is 0 Å². The highest BCUT2D eigenvalue weighted by Gasteiger charge is 2.04. The Morgan fingerprint density at radius 2 is 1.79 bits per heavy atom.